The number of nitrogens with one attached hydrogen (secondary N) is 2. The van der Waals surface area contributed by atoms with E-state index in [4.69, 9.17) is 0 Å². The standard InChI is InChI=1S/C25H26N4O2/c1-4-25(17-7-5-6-15(10-17)16-8-9-26-21(31)11-16)18-14-27-29-23(18)28-19-12-24(2,3)13-20(30)22(19)25/h5-11,14,23,28H,4,12-13H2,1-3H3,(H,26,31). The third-order valence-electron chi connectivity index (χ3n) is 6.77. The van der Waals surface area contributed by atoms with Crippen molar-refractivity contribution in [1.29, 1.82) is 0 Å². The van der Waals surface area contributed by atoms with Gasteiger partial charge in [-0.05, 0) is 47.1 Å². The van der Waals surface area contributed by atoms with Crippen molar-refractivity contribution in [1.82, 2.24) is 10.3 Å². The van der Waals surface area contributed by atoms with E-state index in [2.05, 4.69) is 53.4 Å². The summed E-state index contributed by atoms with van der Waals surface area (Å²) >= 11 is 0. The minimum Gasteiger partial charge on any atom is -0.362 e. The molecule has 0 bridgehead atoms. The van der Waals surface area contributed by atoms with Crippen LogP contribution in [-0.2, 0) is 10.2 Å². The molecule has 6 nitrogen and oxygen atoms in total. The quantitative estimate of drug-likeness (QED) is 0.769. The molecule has 6 heteroatoms. The van der Waals surface area contributed by atoms with Crippen LogP contribution < -0.4 is 10.9 Å². The topological polar surface area (TPSA) is 86.7 Å². The Bertz CT molecular complexity index is 1230. The normalized spacial score (nSPS) is 26.2. The summed E-state index contributed by atoms with van der Waals surface area (Å²) in [6.07, 6.45) is 5.29. The second-order valence-corrected chi connectivity index (χ2v) is 9.44. The van der Waals surface area contributed by atoms with Crippen LogP contribution in [0.3, 0.4) is 0 Å². The van der Waals surface area contributed by atoms with Gasteiger partial charge in [0.15, 0.2) is 11.9 Å². The average Bonchev–Trinajstić information content (AvgIpc) is 3.20. The highest BCUT2D eigenvalue weighted by Crippen LogP contribution is 2.53. The summed E-state index contributed by atoms with van der Waals surface area (Å²) in [5.41, 5.74) is 4.89. The number of fused-ring (bicyclic) bond motifs is 1. The largest absolute Gasteiger partial charge is 0.362 e. The average molecular weight is 415 g/mol. The SMILES string of the molecule is CCC1(c2cccc(-c3cc[nH]c(=O)c3)c2)C2=CN=NC2NC2=C1C(=O)CC(C)(C)C2. The van der Waals surface area contributed by atoms with E-state index in [-0.39, 0.29) is 22.9 Å². The van der Waals surface area contributed by atoms with Crippen LogP contribution in [-0.4, -0.2) is 16.9 Å². The zero-order valence-electron chi connectivity index (χ0n) is 18.0. The lowest BCUT2D eigenvalue weighted by Gasteiger charge is -2.47. The summed E-state index contributed by atoms with van der Waals surface area (Å²) in [6, 6.07) is 11.7. The molecule has 0 radical (unpaired) electrons. The van der Waals surface area contributed by atoms with E-state index >= 15 is 0 Å². The van der Waals surface area contributed by atoms with Gasteiger partial charge < -0.3 is 10.3 Å². The maximum absolute atomic E-state index is 13.5. The Kier molecular flexibility index (Phi) is 4.36. The zero-order chi connectivity index (χ0) is 21.8. The van der Waals surface area contributed by atoms with Crippen molar-refractivity contribution in [3.63, 3.8) is 0 Å². The predicted octanol–water partition coefficient (Wildman–Crippen LogP) is 4.61. The smallest absolute Gasteiger partial charge is 0.248 e. The van der Waals surface area contributed by atoms with Crippen molar-refractivity contribution in [3.8, 4) is 11.1 Å². The maximum atomic E-state index is 13.5. The molecule has 0 amide bonds. The highest BCUT2D eigenvalue weighted by atomic mass is 16.1. The van der Waals surface area contributed by atoms with Crippen LogP contribution in [0.2, 0.25) is 0 Å². The number of Topliss-reactive ketones (excluding diaryl/α,β-unsaturated/α-hetero) is 1. The lowest BCUT2D eigenvalue weighted by molar-refractivity contribution is -0.119. The number of H-pyrrole nitrogens is 1. The number of aromatic amines is 1. The molecule has 2 N–H and O–H groups in total. The third-order valence-corrected chi connectivity index (χ3v) is 6.77. The Labute approximate surface area is 181 Å². The van der Waals surface area contributed by atoms with Crippen molar-refractivity contribution < 1.29 is 4.79 Å². The number of allylic oxidation sites excluding steroid dienone is 2. The zero-order valence-corrected chi connectivity index (χ0v) is 18.0. The first-order valence-corrected chi connectivity index (χ1v) is 10.8. The Morgan fingerprint density at radius 1 is 1.10 bits per heavy atom. The predicted molar refractivity (Wildman–Crippen MR) is 119 cm³/mol. The van der Waals surface area contributed by atoms with Gasteiger partial charge in [0.05, 0.1) is 11.6 Å². The first-order valence-electron chi connectivity index (χ1n) is 10.8. The Morgan fingerprint density at radius 2 is 1.90 bits per heavy atom. The fourth-order valence-electron chi connectivity index (χ4n) is 5.48. The highest BCUT2D eigenvalue weighted by molar-refractivity contribution is 6.01. The van der Waals surface area contributed by atoms with E-state index in [1.54, 1.807) is 12.3 Å². The van der Waals surface area contributed by atoms with Gasteiger partial charge in [0.1, 0.15) is 0 Å². The van der Waals surface area contributed by atoms with Gasteiger partial charge >= 0.3 is 0 Å². The molecule has 1 aromatic carbocycles. The molecule has 3 heterocycles. The fraction of sp³-hybridized carbons (Fsp3) is 0.360. The minimum absolute atomic E-state index is 0.0910. The van der Waals surface area contributed by atoms with Gasteiger partial charge in [0.2, 0.25) is 5.56 Å². The van der Waals surface area contributed by atoms with Crippen molar-refractivity contribution in [2.75, 3.05) is 0 Å². The first kappa shape index (κ1) is 19.7. The summed E-state index contributed by atoms with van der Waals surface area (Å²) in [5, 5.41) is 12.1. The van der Waals surface area contributed by atoms with Crippen LogP contribution in [0.4, 0.5) is 0 Å². The molecular weight excluding hydrogens is 388 g/mol. The second-order valence-electron chi connectivity index (χ2n) is 9.44. The Hall–Kier alpha value is -3.28. The monoisotopic (exact) mass is 414 g/mol. The number of rotatable bonds is 3. The molecule has 0 saturated heterocycles. The number of benzene rings is 1. The van der Waals surface area contributed by atoms with Gasteiger partial charge in [-0.1, -0.05) is 39.0 Å². The van der Waals surface area contributed by atoms with Gasteiger partial charge in [-0.15, -0.1) is 0 Å². The fourth-order valence-corrected chi connectivity index (χ4v) is 5.48. The summed E-state index contributed by atoms with van der Waals surface area (Å²) in [4.78, 5) is 28.1. The van der Waals surface area contributed by atoms with Crippen LogP contribution in [0.25, 0.3) is 11.1 Å². The maximum Gasteiger partial charge on any atom is 0.248 e. The number of aromatic nitrogens is 1. The van der Waals surface area contributed by atoms with Crippen LogP contribution in [0, 0.1) is 5.41 Å². The number of carbonyl (C=O) groups is 1. The number of hydrogen-bond donors (Lipinski definition) is 2. The first-order chi connectivity index (χ1) is 14.8. The van der Waals surface area contributed by atoms with E-state index in [1.165, 1.54) is 0 Å². The highest BCUT2D eigenvalue weighted by Gasteiger charge is 2.52. The number of pyridine rings is 1. The van der Waals surface area contributed by atoms with Crippen molar-refractivity contribution in [3.05, 3.63) is 81.6 Å². The van der Waals surface area contributed by atoms with Crippen molar-refractivity contribution in [2.24, 2.45) is 15.6 Å². The summed E-state index contributed by atoms with van der Waals surface area (Å²) < 4.78 is 0. The molecular formula is C25H26N4O2. The summed E-state index contributed by atoms with van der Waals surface area (Å²) in [7, 11) is 0. The molecule has 5 rings (SSSR count). The van der Waals surface area contributed by atoms with E-state index in [9.17, 15) is 9.59 Å². The lowest BCUT2D eigenvalue weighted by Crippen LogP contribution is -2.51. The summed E-state index contributed by atoms with van der Waals surface area (Å²) in [6.45, 7) is 6.40. The van der Waals surface area contributed by atoms with E-state index in [0.717, 1.165) is 46.4 Å². The molecule has 2 aromatic rings. The molecule has 1 aromatic heterocycles. The van der Waals surface area contributed by atoms with Gasteiger partial charge in [-0.3, -0.25) is 9.59 Å². The van der Waals surface area contributed by atoms with Crippen LogP contribution >= 0.6 is 0 Å². The molecule has 0 spiro atoms. The van der Waals surface area contributed by atoms with Crippen LogP contribution in [0.5, 0.6) is 0 Å². The van der Waals surface area contributed by atoms with Crippen LogP contribution in [0.15, 0.2) is 80.7 Å². The molecule has 2 aliphatic heterocycles. The molecule has 158 valence electrons. The number of ketones is 1. The van der Waals surface area contributed by atoms with E-state index in [0.29, 0.717) is 6.42 Å². The lowest BCUT2D eigenvalue weighted by atomic mass is 9.58. The van der Waals surface area contributed by atoms with Gasteiger partial charge in [0, 0.05) is 35.5 Å². The third kappa shape index (κ3) is 3.00. The number of azo groups is 1. The molecule has 2 unspecified atom stereocenters. The number of nitrogens with zero attached hydrogens (tertiary/aromatic N) is 2. The van der Waals surface area contributed by atoms with Crippen LogP contribution in [0.1, 0.15) is 45.6 Å². The molecule has 3 aliphatic rings. The summed E-state index contributed by atoms with van der Waals surface area (Å²) in [5.74, 6) is 0.188. The van der Waals surface area contributed by atoms with Gasteiger partial charge in [-0.25, -0.2) is 0 Å². The Morgan fingerprint density at radius 3 is 2.68 bits per heavy atom. The Balaban J connectivity index is 1.74. The molecule has 0 fully saturated rings. The molecule has 31 heavy (non-hydrogen) atoms. The van der Waals surface area contributed by atoms with E-state index < -0.39 is 5.41 Å². The van der Waals surface area contributed by atoms with Crippen molar-refractivity contribution >= 4 is 5.78 Å². The van der Waals surface area contributed by atoms with Gasteiger partial charge in [0.25, 0.3) is 0 Å². The second kappa shape index (κ2) is 6.87. The molecule has 1 aliphatic carbocycles. The molecule has 0 saturated carbocycles. The number of hydrogen-bond acceptors (Lipinski definition) is 5. The number of carbonyl (C=O) groups excluding carboxylic acids is 1. The minimum atomic E-state index is -0.584. The van der Waals surface area contributed by atoms with Crippen molar-refractivity contribution in [2.45, 2.75) is 51.6 Å². The van der Waals surface area contributed by atoms with E-state index in [1.807, 2.05) is 24.4 Å². The van der Waals surface area contributed by atoms with Gasteiger partial charge in [-0.2, -0.15) is 10.2 Å². The molecule has 2 atom stereocenters.